The molecule has 32 heavy (non-hydrogen) atoms. The molecule has 0 aromatic carbocycles. The second-order valence-electron chi connectivity index (χ2n) is 8.58. The Kier molecular flexibility index (Phi) is 5.08. The maximum absolute atomic E-state index is 12.9. The SMILES string of the molecule is Cc1nc2sccn2c(=O)c1CCN1CCC(=C2c3sccc3CCn3ccnc32)CC1. The molecule has 0 bridgehead atoms. The van der Waals surface area contributed by atoms with Gasteiger partial charge in [-0.25, -0.2) is 9.97 Å². The van der Waals surface area contributed by atoms with Crippen LogP contribution in [0.15, 0.2) is 45.8 Å². The molecule has 6 nitrogen and oxygen atoms in total. The maximum Gasteiger partial charge on any atom is 0.261 e. The lowest BCUT2D eigenvalue weighted by atomic mass is 9.94. The average molecular weight is 464 g/mol. The van der Waals surface area contributed by atoms with Crippen molar-refractivity contribution in [2.24, 2.45) is 0 Å². The van der Waals surface area contributed by atoms with Crippen LogP contribution in [0.25, 0.3) is 10.5 Å². The van der Waals surface area contributed by atoms with Crippen LogP contribution in [0.4, 0.5) is 0 Å². The molecule has 2 aliphatic heterocycles. The molecular formula is C24H25N5OS2. The summed E-state index contributed by atoms with van der Waals surface area (Å²) in [4.78, 5) is 26.9. The van der Waals surface area contributed by atoms with Crippen molar-refractivity contribution in [3.63, 3.8) is 0 Å². The molecule has 8 heteroatoms. The molecule has 1 saturated heterocycles. The van der Waals surface area contributed by atoms with Gasteiger partial charge in [0, 0.05) is 71.9 Å². The molecule has 2 aliphatic rings. The van der Waals surface area contributed by atoms with Crippen LogP contribution in [-0.2, 0) is 19.4 Å². The fourth-order valence-electron chi connectivity index (χ4n) is 5.00. The number of fused-ring (bicyclic) bond motifs is 3. The number of hydrogen-bond acceptors (Lipinski definition) is 6. The van der Waals surface area contributed by atoms with Crippen molar-refractivity contribution in [1.29, 1.82) is 0 Å². The minimum atomic E-state index is 0.0871. The van der Waals surface area contributed by atoms with E-state index >= 15 is 0 Å². The van der Waals surface area contributed by atoms with E-state index in [2.05, 4.69) is 32.1 Å². The molecular weight excluding hydrogens is 438 g/mol. The van der Waals surface area contributed by atoms with E-state index in [1.165, 1.54) is 32.9 Å². The highest BCUT2D eigenvalue weighted by molar-refractivity contribution is 7.15. The highest BCUT2D eigenvalue weighted by Crippen LogP contribution is 2.38. The number of likely N-dealkylation sites (tertiary alicyclic amines) is 1. The van der Waals surface area contributed by atoms with Gasteiger partial charge in [-0.05, 0) is 49.6 Å². The summed E-state index contributed by atoms with van der Waals surface area (Å²) in [5, 5.41) is 4.14. The summed E-state index contributed by atoms with van der Waals surface area (Å²) in [6, 6.07) is 2.28. The predicted molar refractivity (Wildman–Crippen MR) is 130 cm³/mol. The van der Waals surface area contributed by atoms with Crippen molar-refractivity contribution in [3.8, 4) is 0 Å². The van der Waals surface area contributed by atoms with Gasteiger partial charge in [-0.1, -0.05) is 5.57 Å². The number of nitrogens with zero attached hydrogens (tertiary/aromatic N) is 5. The number of imidazole rings is 1. The summed E-state index contributed by atoms with van der Waals surface area (Å²) < 4.78 is 3.99. The molecule has 0 radical (unpaired) electrons. The minimum absolute atomic E-state index is 0.0871. The Morgan fingerprint density at radius 3 is 2.81 bits per heavy atom. The van der Waals surface area contributed by atoms with Crippen molar-refractivity contribution in [1.82, 2.24) is 23.8 Å². The van der Waals surface area contributed by atoms with Crippen LogP contribution in [-0.4, -0.2) is 43.5 Å². The van der Waals surface area contributed by atoms with Crippen molar-refractivity contribution in [3.05, 3.63) is 78.9 Å². The Morgan fingerprint density at radius 2 is 1.94 bits per heavy atom. The Balaban J connectivity index is 1.22. The molecule has 0 atom stereocenters. The summed E-state index contributed by atoms with van der Waals surface area (Å²) >= 11 is 3.36. The quantitative estimate of drug-likeness (QED) is 0.461. The number of aromatic nitrogens is 4. The Morgan fingerprint density at radius 1 is 1.06 bits per heavy atom. The summed E-state index contributed by atoms with van der Waals surface area (Å²) in [5.41, 5.74) is 6.16. The van der Waals surface area contributed by atoms with E-state index in [9.17, 15) is 4.79 Å². The van der Waals surface area contributed by atoms with Gasteiger partial charge in [0.2, 0.25) is 0 Å². The van der Waals surface area contributed by atoms with E-state index in [-0.39, 0.29) is 5.56 Å². The molecule has 6 heterocycles. The lowest BCUT2D eigenvalue weighted by Crippen LogP contribution is -2.34. The number of piperidine rings is 1. The fourth-order valence-corrected chi connectivity index (χ4v) is 6.80. The second kappa shape index (κ2) is 8.10. The van der Waals surface area contributed by atoms with Gasteiger partial charge in [0.15, 0.2) is 4.96 Å². The van der Waals surface area contributed by atoms with E-state index < -0.39 is 0 Å². The molecule has 4 aromatic heterocycles. The van der Waals surface area contributed by atoms with Crippen LogP contribution >= 0.6 is 22.7 Å². The average Bonchev–Trinajstić information content (AvgIpc) is 3.54. The molecule has 0 N–H and O–H groups in total. The van der Waals surface area contributed by atoms with Gasteiger partial charge in [-0.15, -0.1) is 22.7 Å². The number of thiazole rings is 1. The van der Waals surface area contributed by atoms with Gasteiger partial charge in [0.25, 0.3) is 5.56 Å². The van der Waals surface area contributed by atoms with Gasteiger partial charge in [0.05, 0.1) is 0 Å². The molecule has 6 rings (SSSR count). The zero-order valence-corrected chi connectivity index (χ0v) is 19.7. The first kappa shape index (κ1) is 20.1. The Bertz CT molecular complexity index is 1330. The monoisotopic (exact) mass is 463 g/mol. The lowest BCUT2D eigenvalue weighted by molar-refractivity contribution is 0.259. The smallest absolute Gasteiger partial charge is 0.261 e. The van der Waals surface area contributed by atoms with Gasteiger partial charge in [-0.3, -0.25) is 9.20 Å². The molecule has 0 spiro atoms. The van der Waals surface area contributed by atoms with Crippen LogP contribution in [0.3, 0.4) is 0 Å². The third-order valence-electron chi connectivity index (χ3n) is 6.79. The van der Waals surface area contributed by atoms with Gasteiger partial charge < -0.3 is 9.47 Å². The van der Waals surface area contributed by atoms with Crippen molar-refractivity contribution in [2.45, 2.75) is 39.2 Å². The number of hydrogen-bond donors (Lipinski definition) is 0. The molecule has 0 amide bonds. The van der Waals surface area contributed by atoms with E-state index in [0.717, 1.165) is 73.9 Å². The van der Waals surface area contributed by atoms with Crippen molar-refractivity contribution >= 4 is 33.2 Å². The molecule has 0 aliphatic carbocycles. The van der Waals surface area contributed by atoms with Crippen LogP contribution in [0.2, 0.25) is 0 Å². The molecule has 164 valence electrons. The van der Waals surface area contributed by atoms with Crippen molar-refractivity contribution in [2.75, 3.05) is 19.6 Å². The molecule has 0 unspecified atom stereocenters. The summed E-state index contributed by atoms with van der Waals surface area (Å²) in [5.74, 6) is 1.13. The fraction of sp³-hybridized carbons (Fsp3) is 0.375. The summed E-state index contributed by atoms with van der Waals surface area (Å²) in [6.07, 6.45) is 9.81. The van der Waals surface area contributed by atoms with Gasteiger partial charge in [0.1, 0.15) is 5.82 Å². The van der Waals surface area contributed by atoms with Gasteiger partial charge in [-0.2, -0.15) is 0 Å². The molecule has 0 saturated carbocycles. The van der Waals surface area contributed by atoms with Gasteiger partial charge >= 0.3 is 0 Å². The largest absolute Gasteiger partial charge is 0.331 e. The highest BCUT2D eigenvalue weighted by atomic mass is 32.1. The Labute approximate surface area is 194 Å². The lowest BCUT2D eigenvalue weighted by Gasteiger charge is -2.29. The van der Waals surface area contributed by atoms with Crippen LogP contribution in [0, 0.1) is 6.92 Å². The Hall–Kier alpha value is -2.55. The molecule has 1 fully saturated rings. The first-order chi connectivity index (χ1) is 15.7. The van der Waals surface area contributed by atoms with Crippen LogP contribution < -0.4 is 5.56 Å². The highest BCUT2D eigenvalue weighted by Gasteiger charge is 2.26. The number of aryl methyl sites for hydroxylation is 3. The second-order valence-corrected chi connectivity index (χ2v) is 10.4. The maximum atomic E-state index is 12.9. The first-order valence-electron chi connectivity index (χ1n) is 11.2. The summed E-state index contributed by atoms with van der Waals surface area (Å²) in [7, 11) is 0. The number of rotatable bonds is 3. The van der Waals surface area contributed by atoms with E-state index in [4.69, 9.17) is 4.98 Å². The van der Waals surface area contributed by atoms with E-state index in [0.29, 0.717) is 0 Å². The first-order valence-corrected chi connectivity index (χ1v) is 12.9. The minimum Gasteiger partial charge on any atom is -0.331 e. The number of thiophene rings is 1. The zero-order valence-electron chi connectivity index (χ0n) is 18.1. The third-order valence-corrected chi connectivity index (χ3v) is 8.52. The van der Waals surface area contributed by atoms with E-state index in [1.807, 2.05) is 36.0 Å². The van der Waals surface area contributed by atoms with Crippen molar-refractivity contribution < 1.29 is 0 Å². The van der Waals surface area contributed by atoms with E-state index in [1.54, 1.807) is 4.40 Å². The molecule has 4 aromatic rings. The van der Waals surface area contributed by atoms with Crippen LogP contribution in [0.1, 0.15) is 40.4 Å². The predicted octanol–water partition coefficient (Wildman–Crippen LogP) is 4.02. The summed E-state index contributed by atoms with van der Waals surface area (Å²) in [6.45, 7) is 5.90. The van der Waals surface area contributed by atoms with Crippen LogP contribution in [0.5, 0.6) is 0 Å². The standard InChI is InChI=1S/C24H25N5OS2/c1-16-19(23(30)29-13-15-32-24(29)26-16)5-10-27-8-2-17(3-9-27)20-21-18(6-14-31-21)4-11-28-12-7-25-22(20)28/h6-7,12-15H,2-5,8-11H2,1H3. The topological polar surface area (TPSA) is 55.4 Å². The normalized spacial score (nSPS) is 16.9. The third kappa shape index (κ3) is 3.37. The zero-order chi connectivity index (χ0) is 21.7.